The van der Waals surface area contributed by atoms with Crippen LogP contribution in [0.2, 0.25) is 0 Å². The van der Waals surface area contributed by atoms with Gasteiger partial charge in [-0.1, -0.05) is 29.3 Å². The van der Waals surface area contributed by atoms with E-state index in [0.717, 1.165) is 28.6 Å². The van der Waals surface area contributed by atoms with Crippen molar-refractivity contribution in [3.8, 4) is 5.75 Å². The zero-order chi connectivity index (χ0) is 10.6. The molecule has 0 radical (unpaired) electrons. The first-order valence-corrected chi connectivity index (χ1v) is 5.57. The van der Waals surface area contributed by atoms with Crippen LogP contribution in [0, 0.1) is 0 Å². The molecule has 0 bridgehead atoms. The van der Waals surface area contributed by atoms with Gasteiger partial charge in [0.2, 0.25) is 0 Å². The van der Waals surface area contributed by atoms with E-state index in [-0.39, 0.29) is 18.4 Å². The monoisotopic (exact) mass is 293 g/mol. The van der Waals surface area contributed by atoms with Crippen molar-refractivity contribution in [2.24, 2.45) is 5.73 Å². The second-order valence-corrected chi connectivity index (χ2v) is 4.14. The SMILES string of the molecule is CCC[C@@H](N)c1cc(OC)ccc1Br.Cl. The fourth-order valence-electron chi connectivity index (χ4n) is 1.40. The summed E-state index contributed by atoms with van der Waals surface area (Å²) in [5, 5.41) is 0. The molecule has 0 heterocycles. The molecule has 2 N–H and O–H groups in total. The first-order valence-electron chi connectivity index (χ1n) is 4.78. The molecule has 4 heteroatoms. The van der Waals surface area contributed by atoms with Gasteiger partial charge in [-0.05, 0) is 30.2 Å². The van der Waals surface area contributed by atoms with Gasteiger partial charge in [0.05, 0.1) is 7.11 Å². The molecule has 0 unspecified atom stereocenters. The van der Waals surface area contributed by atoms with E-state index >= 15 is 0 Å². The summed E-state index contributed by atoms with van der Waals surface area (Å²) in [5.41, 5.74) is 7.16. The van der Waals surface area contributed by atoms with E-state index in [1.807, 2.05) is 18.2 Å². The Morgan fingerprint density at radius 1 is 1.47 bits per heavy atom. The zero-order valence-electron chi connectivity index (χ0n) is 9.00. The Morgan fingerprint density at radius 2 is 2.13 bits per heavy atom. The quantitative estimate of drug-likeness (QED) is 0.919. The maximum atomic E-state index is 6.04. The Morgan fingerprint density at radius 3 is 2.67 bits per heavy atom. The highest BCUT2D eigenvalue weighted by Gasteiger charge is 2.09. The van der Waals surface area contributed by atoms with Crippen molar-refractivity contribution in [3.63, 3.8) is 0 Å². The van der Waals surface area contributed by atoms with Crippen molar-refractivity contribution in [2.75, 3.05) is 7.11 Å². The Balaban J connectivity index is 0.00000196. The molecule has 1 aromatic rings. The Labute approximate surface area is 106 Å². The van der Waals surface area contributed by atoms with Crippen molar-refractivity contribution in [3.05, 3.63) is 28.2 Å². The molecule has 15 heavy (non-hydrogen) atoms. The molecule has 1 rings (SSSR count). The van der Waals surface area contributed by atoms with Crippen molar-refractivity contribution >= 4 is 28.3 Å². The molecule has 0 amide bonds. The molecule has 0 saturated carbocycles. The van der Waals surface area contributed by atoms with Crippen molar-refractivity contribution in [1.29, 1.82) is 0 Å². The highest BCUT2D eigenvalue weighted by atomic mass is 79.9. The maximum Gasteiger partial charge on any atom is 0.119 e. The van der Waals surface area contributed by atoms with E-state index in [0.29, 0.717) is 0 Å². The molecule has 0 fully saturated rings. The van der Waals surface area contributed by atoms with Gasteiger partial charge in [-0.3, -0.25) is 0 Å². The molecule has 1 aromatic carbocycles. The lowest BCUT2D eigenvalue weighted by molar-refractivity contribution is 0.413. The zero-order valence-corrected chi connectivity index (χ0v) is 11.4. The summed E-state index contributed by atoms with van der Waals surface area (Å²) in [6.45, 7) is 2.13. The van der Waals surface area contributed by atoms with Crippen LogP contribution in [0.3, 0.4) is 0 Å². The van der Waals surface area contributed by atoms with Crippen LogP contribution in [0.4, 0.5) is 0 Å². The summed E-state index contributed by atoms with van der Waals surface area (Å²) in [6, 6.07) is 5.98. The lowest BCUT2D eigenvalue weighted by Gasteiger charge is -2.13. The Bertz CT molecular complexity index is 307. The van der Waals surface area contributed by atoms with E-state index in [1.165, 1.54) is 0 Å². The summed E-state index contributed by atoms with van der Waals surface area (Å²) in [7, 11) is 1.67. The highest BCUT2D eigenvalue weighted by Crippen LogP contribution is 2.28. The topological polar surface area (TPSA) is 35.2 Å². The lowest BCUT2D eigenvalue weighted by atomic mass is 10.0. The number of methoxy groups -OCH3 is 1. The predicted octanol–water partition coefficient (Wildman–Crippen LogP) is 3.68. The standard InChI is InChI=1S/C11H16BrNO.ClH/c1-3-4-11(13)9-7-8(14-2)5-6-10(9)12;/h5-7,11H,3-4,13H2,1-2H3;1H/t11-;/m1./s1. The third-order valence-corrected chi connectivity index (χ3v) is 2.92. The van der Waals surface area contributed by atoms with E-state index in [9.17, 15) is 0 Å². The lowest BCUT2D eigenvalue weighted by Crippen LogP contribution is -2.10. The highest BCUT2D eigenvalue weighted by molar-refractivity contribution is 9.10. The average Bonchev–Trinajstić information content (AvgIpc) is 2.19. The number of hydrogen-bond donors (Lipinski definition) is 1. The van der Waals surface area contributed by atoms with E-state index < -0.39 is 0 Å². The maximum absolute atomic E-state index is 6.04. The second kappa shape index (κ2) is 7.09. The van der Waals surface area contributed by atoms with Gasteiger partial charge in [-0.2, -0.15) is 0 Å². The van der Waals surface area contributed by atoms with Gasteiger partial charge < -0.3 is 10.5 Å². The summed E-state index contributed by atoms with van der Waals surface area (Å²) in [4.78, 5) is 0. The molecular weight excluding hydrogens is 277 g/mol. The van der Waals surface area contributed by atoms with Crippen LogP contribution in [0.25, 0.3) is 0 Å². The fourth-order valence-corrected chi connectivity index (χ4v) is 1.94. The first kappa shape index (κ1) is 14.8. The summed E-state index contributed by atoms with van der Waals surface area (Å²) in [6.07, 6.45) is 2.08. The van der Waals surface area contributed by atoms with Crippen LogP contribution >= 0.6 is 28.3 Å². The largest absolute Gasteiger partial charge is 0.497 e. The van der Waals surface area contributed by atoms with Crippen molar-refractivity contribution < 1.29 is 4.74 Å². The normalized spacial score (nSPS) is 11.7. The Hall–Kier alpha value is -0.250. The second-order valence-electron chi connectivity index (χ2n) is 3.28. The van der Waals surface area contributed by atoms with E-state index in [1.54, 1.807) is 7.11 Å². The summed E-state index contributed by atoms with van der Waals surface area (Å²) >= 11 is 3.49. The Kier molecular flexibility index (Phi) is 6.98. The number of rotatable bonds is 4. The van der Waals surface area contributed by atoms with E-state index in [4.69, 9.17) is 10.5 Å². The number of ether oxygens (including phenoxy) is 1. The fraction of sp³-hybridized carbons (Fsp3) is 0.455. The number of benzene rings is 1. The van der Waals surface area contributed by atoms with Crippen molar-refractivity contribution in [2.45, 2.75) is 25.8 Å². The van der Waals surface area contributed by atoms with Gasteiger partial charge in [0.15, 0.2) is 0 Å². The molecule has 0 spiro atoms. The average molecular weight is 295 g/mol. The predicted molar refractivity (Wildman–Crippen MR) is 69.8 cm³/mol. The third kappa shape index (κ3) is 4.01. The molecule has 0 aromatic heterocycles. The van der Waals surface area contributed by atoms with Gasteiger partial charge in [-0.15, -0.1) is 12.4 Å². The van der Waals surface area contributed by atoms with Gasteiger partial charge in [0, 0.05) is 10.5 Å². The number of hydrogen-bond acceptors (Lipinski definition) is 2. The van der Waals surface area contributed by atoms with Crippen LogP contribution in [-0.2, 0) is 0 Å². The van der Waals surface area contributed by atoms with Crippen LogP contribution in [-0.4, -0.2) is 7.11 Å². The summed E-state index contributed by atoms with van der Waals surface area (Å²) in [5.74, 6) is 0.856. The molecule has 1 atom stereocenters. The number of nitrogens with two attached hydrogens (primary N) is 1. The molecule has 86 valence electrons. The minimum atomic E-state index is 0. The van der Waals surface area contributed by atoms with Gasteiger partial charge in [0.1, 0.15) is 5.75 Å². The minimum Gasteiger partial charge on any atom is -0.497 e. The molecule has 0 aliphatic carbocycles. The summed E-state index contributed by atoms with van der Waals surface area (Å²) < 4.78 is 6.22. The van der Waals surface area contributed by atoms with Gasteiger partial charge >= 0.3 is 0 Å². The van der Waals surface area contributed by atoms with Crippen LogP contribution in [0.1, 0.15) is 31.4 Å². The molecule has 0 aliphatic rings. The van der Waals surface area contributed by atoms with Crippen molar-refractivity contribution in [1.82, 2.24) is 0 Å². The van der Waals surface area contributed by atoms with E-state index in [2.05, 4.69) is 22.9 Å². The van der Waals surface area contributed by atoms with Crippen LogP contribution in [0.5, 0.6) is 5.75 Å². The molecule has 0 saturated heterocycles. The molecule has 0 aliphatic heterocycles. The molecule has 2 nitrogen and oxygen atoms in total. The minimum absolute atomic E-state index is 0. The molecular formula is C11H17BrClNO. The van der Waals surface area contributed by atoms with Crippen LogP contribution in [0.15, 0.2) is 22.7 Å². The smallest absolute Gasteiger partial charge is 0.119 e. The number of halogens is 2. The third-order valence-electron chi connectivity index (χ3n) is 2.20. The van der Waals surface area contributed by atoms with Gasteiger partial charge in [0.25, 0.3) is 0 Å². The van der Waals surface area contributed by atoms with Crippen LogP contribution < -0.4 is 10.5 Å². The van der Waals surface area contributed by atoms with Gasteiger partial charge in [-0.25, -0.2) is 0 Å². The first-order chi connectivity index (χ1) is 6.69.